The largest absolute Gasteiger partial charge is 0.493 e. The minimum absolute atomic E-state index is 0.138. The van der Waals surface area contributed by atoms with Crippen molar-refractivity contribution in [3.8, 4) is 11.5 Å². The number of likely N-dealkylation sites (tertiary alicyclic amines) is 1. The highest BCUT2D eigenvalue weighted by Gasteiger charge is 2.42. The Hall–Kier alpha value is -2.56. The van der Waals surface area contributed by atoms with Gasteiger partial charge in [0.2, 0.25) is 0 Å². The van der Waals surface area contributed by atoms with E-state index in [0.29, 0.717) is 42.8 Å². The fraction of sp³-hybridized carbons (Fsp3) is 0.581. The molecular formula is C31H42ClNO8. The minimum atomic E-state index is -0.854. The van der Waals surface area contributed by atoms with Crippen molar-refractivity contribution in [2.45, 2.75) is 76.7 Å². The molecule has 1 amide bonds. The Morgan fingerprint density at radius 2 is 1.78 bits per heavy atom. The Labute approximate surface area is 247 Å². The van der Waals surface area contributed by atoms with Crippen LogP contribution in [-0.4, -0.2) is 85.3 Å². The van der Waals surface area contributed by atoms with Crippen LogP contribution in [0.15, 0.2) is 48.5 Å². The van der Waals surface area contributed by atoms with Crippen molar-refractivity contribution in [1.82, 2.24) is 4.90 Å². The number of hydrogen-bond acceptors (Lipinski definition) is 8. The summed E-state index contributed by atoms with van der Waals surface area (Å²) in [5.41, 5.74) is 0.247. The maximum Gasteiger partial charge on any atom is 0.410 e. The van der Waals surface area contributed by atoms with E-state index in [1.807, 2.05) is 77.1 Å². The van der Waals surface area contributed by atoms with Gasteiger partial charge in [-0.25, -0.2) is 4.79 Å². The van der Waals surface area contributed by atoms with E-state index in [0.717, 1.165) is 5.56 Å². The predicted octanol–water partition coefficient (Wildman–Crippen LogP) is 5.42. The zero-order valence-corrected chi connectivity index (χ0v) is 25.3. The summed E-state index contributed by atoms with van der Waals surface area (Å²) >= 11 is 6.12. The average Bonchev–Trinajstić information content (AvgIpc) is 3.26. The van der Waals surface area contributed by atoms with E-state index in [2.05, 4.69) is 0 Å². The SMILES string of the molecule is CC(C)(C)OC(=O)N1C[C@H](O)[C@@H](c2ccc(OCCCOc3ccccc3Cl)cc2)[C@H](OC[C@H]2COC(C)(C)O2)C1. The van der Waals surface area contributed by atoms with E-state index in [1.165, 1.54) is 4.90 Å². The number of piperidine rings is 1. The van der Waals surface area contributed by atoms with Crippen LogP contribution >= 0.6 is 11.6 Å². The molecule has 4 rings (SSSR count). The standard InChI is InChI=1S/C31H42ClNO8/c1-30(2,3)41-29(35)33-17-25(34)28(27(18-33)38-19-23-20-39-31(4,5)40-23)21-11-13-22(14-12-21)36-15-8-16-37-26-10-7-6-9-24(26)32/h6-7,9-14,23,25,27-28,34H,8,15-20H2,1-5H3/t23-,25-,27+,28+/m0/s1. The van der Waals surface area contributed by atoms with E-state index in [9.17, 15) is 9.90 Å². The van der Waals surface area contributed by atoms with Gasteiger partial charge in [-0.1, -0.05) is 35.9 Å². The zero-order valence-electron chi connectivity index (χ0n) is 24.5. The first kappa shape index (κ1) is 31.4. The molecule has 226 valence electrons. The lowest BCUT2D eigenvalue weighted by Gasteiger charge is -2.42. The summed E-state index contributed by atoms with van der Waals surface area (Å²) in [5.74, 6) is 0.339. The summed E-state index contributed by atoms with van der Waals surface area (Å²) in [7, 11) is 0. The molecule has 2 aliphatic rings. The summed E-state index contributed by atoms with van der Waals surface area (Å²) in [6.07, 6.45) is -1.36. The number of nitrogens with zero attached hydrogens (tertiary/aromatic N) is 1. The van der Waals surface area contributed by atoms with Gasteiger partial charge >= 0.3 is 6.09 Å². The van der Waals surface area contributed by atoms with Gasteiger partial charge in [0, 0.05) is 12.3 Å². The molecule has 10 heteroatoms. The summed E-state index contributed by atoms with van der Waals surface area (Å²) in [5, 5.41) is 11.8. The molecular weight excluding hydrogens is 550 g/mol. The highest BCUT2D eigenvalue weighted by atomic mass is 35.5. The third kappa shape index (κ3) is 9.21. The average molecular weight is 592 g/mol. The highest BCUT2D eigenvalue weighted by Crippen LogP contribution is 2.34. The Bertz CT molecular complexity index is 1140. The van der Waals surface area contributed by atoms with Crippen LogP contribution in [0.3, 0.4) is 0 Å². The second kappa shape index (κ2) is 13.6. The number of amides is 1. The molecule has 4 atom stereocenters. The first-order valence-electron chi connectivity index (χ1n) is 14.1. The molecule has 0 saturated carbocycles. The normalized spacial score (nSPS) is 24.2. The van der Waals surface area contributed by atoms with Gasteiger partial charge in [0.05, 0.1) is 56.7 Å². The molecule has 0 bridgehead atoms. The third-order valence-electron chi connectivity index (χ3n) is 6.75. The van der Waals surface area contributed by atoms with Crippen molar-refractivity contribution in [2.24, 2.45) is 0 Å². The lowest BCUT2D eigenvalue weighted by Crippen LogP contribution is -2.55. The van der Waals surface area contributed by atoms with E-state index < -0.39 is 29.7 Å². The third-order valence-corrected chi connectivity index (χ3v) is 7.07. The molecule has 0 spiro atoms. The molecule has 2 aliphatic heterocycles. The van der Waals surface area contributed by atoms with Crippen LogP contribution in [-0.2, 0) is 18.9 Å². The quantitative estimate of drug-likeness (QED) is 0.366. The molecule has 41 heavy (non-hydrogen) atoms. The molecule has 0 aromatic heterocycles. The van der Waals surface area contributed by atoms with Gasteiger partial charge in [-0.2, -0.15) is 0 Å². The van der Waals surface area contributed by atoms with E-state index in [4.69, 9.17) is 40.0 Å². The molecule has 0 unspecified atom stereocenters. The van der Waals surface area contributed by atoms with Crippen molar-refractivity contribution >= 4 is 17.7 Å². The number of aliphatic hydroxyl groups is 1. The van der Waals surface area contributed by atoms with Crippen LogP contribution < -0.4 is 9.47 Å². The molecule has 2 aromatic carbocycles. The number of carbonyl (C=O) groups is 1. The lowest BCUT2D eigenvalue weighted by atomic mass is 9.84. The maximum absolute atomic E-state index is 12.8. The van der Waals surface area contributed by atoms with Gasteiger partial charge in [0.25, 0.3) is 0 Å². The van der Waals surface area contributed by atoms with Gasteiger partial charge in [0.15, 0.2) is 5.79 Å². The fourth-order valence-corrected chi connectivity index (χ4v) is 5.11. The zero-order chi connectivity index (χ0) is 29.6. The van der Waals surface area contributed by atoms with Crippen molar-refractivity contribution in [3.63, 3.8) is 0 Å². The predicted molar refractivity (Wildman–Crippen MR) is 155 cm³/mol. The lowest BCUT2D eigenvalue weighted by molar-refractivity contribution is -0.152. The van der Waals surface area contributed by atoms with Gasteiger partial charge in [-0.15, -0.1) is 0 Å². The first-order chi connectivity index (χ1) is 19.4. The number of aliphatic hydroxyl groups excluding tert-OH is 1. The van der Waals surface area contributed by atoms with Gasteiger partial charge in [-0.3, -0.25) is 0 Å². The molecule has 9 nitrogen and oxygen atoms in total. The Balaban J connectivity index is 1.36. The van der Waals surface area contributed by atoms with Crippen molar-refractivity contribution in [2.75, 3.05) is 39.5 Å². The summed E-state index contributed by atoms with van der Waals surface area (Å²) in [6.45, 7) is 11.2. The Morgan fingerprint density at radius 3 is 2.44 bits per heavy atom. The molecule has 0 radical (unpaired) electrons. The summed E-state index contributed by atoms with van der Waals surface area (Å²) in [6, 6.07) is 15.0. The van der Waals surface area contributed by atoms with E-state index >= 15 is 0 Å². The maximum atomic E-state index is 12.8. The topological polar surface area (TPSA) is 95.9 Å². The fourth-order valence-electron chi connectivity index (χ4n) is 4.92. The number of para-hydroxylation sites is 1. The van der Waals surface area contributed by atoms with E-state index in [1.54, 1.807) is 6.07 Å². The molecule has 0 aliphatic carbocycles. The number of β-amino-alcohol motifs (C(OH)–C–C–N with tert-alkyl or cyclic N) is 1. The minimum Gasteiger partial charge on any atom is -0.493 e. The van der Waals surface area contributed by atoms with Crippen LogP contribution in [0, 0.1) is 0 Å². The number of hydrogen-bond donors (Lipinski definition) is 1. The molecule has 1 N–H and O–H groups in total. The van der Waals surface area contributed by atoms with Gasteiger partial charge in [-0.05, 0) is 64.4 Å². The van der Waals surface area contributed by atoms with Crippen LogP contribution in [0.5, 0.6) is 11.5 Å². The number of carbonyl (C=O) groups excluding carboxylic acids is 1. The van der Waals surface area contributed by atoms with Crippen molar-refractivity contribution in [1.29, 1.82) is 0 Å². The second-order valence-electron chi connectivity index (χ2n) is 11.9. The van der Waals surface area contributed by atoms with Crippen LogP contribution in [0.2, 0.25) is 5.02 Å². The number of rotatable bonds is 10. The van der Waals surface area contributed by atoms with Crippen LogP contribution in [0.4, 0.5) is 4.79 Å². The smallest absolute Gasteiger partial charge is 0.410 e. The molecule has 2 aromatic rings. The second-order valence-corrected chi connectivity index (χ2v) is 12.3. The van der Waals surface area contributed by atoms with Crippen molar-refractivity contribution in [3.05, 3.63) is 59.1 Å². The highest BCUT2D eigenvalue weighted by molar-refractivity contribution is 6.32. The first-order valence-corrected chi connectivity index (χ1v) is 14.5. The van der Waals surface area contributed by atoms with E-state index in [-0.39, 0.29) is 31.7 Å². The van der Waals surface area contributed by atoms with Crippen LogP contribution in [0.1, 0.15) is 52.5 Å². The summed E-state index contributed by atoms with van der Waals surface area (Å²) < 4.78 is 35.0. The molecule has 2 fully saturated rings. The van der Waals surface area contributed by atoms with Crippen LogP contribution in [0.25, 0.3) is 0 Å². The van der Waals surface area contributed by atoms with Gasteiger partial charge < -0.3 is 38.4 Å². The monoisotopic (exact) mass is 591 g/mol. The summed E-state index contributed by atoms with van der Waals surface area (Å²) in [4.78, 5) is 14.4. The molecule has 2 saturated heterocycles. The Morgan fingerprint density at radius 1 is 1.07 bits per heavy atom. The number of ether oxygens (including phenoxy) is 6. The van der Waals surface area contributed by atoms with Crippen molar-refractivity contribution < 1.29 is 38.3 Å². The Kier molecular flexibility index (Phi) is 10.4. The molecule has 2 heterocycles. The number of benzene rings is 2. The van der Waals surface area contributed by atoms with Gasteiger partial charge in [0.1, 0.15) is 23.2 Å². The number of halogens is 1.